The van der Waals surface area contributed by atoms with Crippen molar-refractivity contribution in [2.75, 3.05) is 12.4 Å². The zero-order chi connectivity index (χ0) is 21.6. The van der Waals surface area contributed by atoms with E-state index in [-0.39, 0.29) is 11.9 Å². The fourth-order valence-electron chi connectivity index (χ4n) is 2.85. The third-order valence-electron chi connectivity index (χ3n) is 4.72. The van der Waals surface area contributed by atoms with Crippen molar-refractivity contribution < 1.29 is 19.1 Å². The minimum absolute atomic E-state index is 0.0718. The smallest absolute Gasteiger partial charge is 0.337 e. The predicted octanol–water partition coefficient (Wildman–Crippen LogP) is 3.88. The van der Waals surface area contributed by atoms with Gasteiger partial charge in [-0.05, 0) is 51.5 Å². The van der Waals surface area contributed by atoms with Crippen LogP contribution < -0.4 is 5.32 Å². The van der Waals surface area contributed by atoms with Crippen molar-refractivity contribution in [3.05, 3.63) is 65.7 Å². The molecule has 0 fully saturated rings. The van der Waals surface area contributed by atoms with Crippen LogP contribution in [-0.4, -0.2) is 35.8 Å². The van der Waals surface area contributed by atoms with E-state index in [2.05, 4.69) is 5.32 Å². The number of ether oxygens (including phenoxy) is 1. The van der Waals surface area contributed by atoms with E-state index in [1.807, 2.05) is 44.2 Å². The lowest BCUT2D eigenvalue weighted by Crippen LogP contribution is -2.49. The van der Waals surface area contributed by atoms with Gasteiger partial charge in [0.15, 0.2) is 0 Å². The van der Waals surface area contributed by atoms with Crippen LogP contribution in [0.4, 0.5) is 5.69 Å². The van der Waals surface area contributed by atoms with Crippen LogP contribution in [0.2, 0.25) is 0 Å². The zero-order valence-electron chi connectivity index (χ0n) is 17.6. The highest BCUT2D eigenvalue weighted by Crippen LogP contribution is 2.25. The molecule has 6 heteroatoms. The molecule has 1 N–H and O–H groups in total. The number of amides is 2. The van der Waals surface area contributed by atoms with Gasteiger partial charge in [0.05, 0.1) is 12.7 Å². The molecule has 2 aromatic rings. The number of anilines is 1. The molecular weight excluding hydrogens is 368 g/mol. The van der Waals surface area contributed by atoms with Gasteiger partial charge in [0, 0.05) is 18.3 Å². The Labute approximate surface area is 171 Å². The number of nitrogens with one attached hydrogen (secondary N) is 1. The van der Waals surface area contributed by atoms with Gasteiger partial charge in [0.1, 0.15) is 5.41 Å². The van der Waals surface area contributed by atoms with E-state index in [9.17, 15) is 14.4 Å². The summed E-state index contributed by atoms with van der Waals surface area (Å²) in [7, 11) is 1.29. The summed E-state index contributed by atoms with van der Waals surface area (Å²) in [5, 5.41) is 2.75. The monoisotopic (exact) mass is 396 g/mol. The Morgan fingerprint density at radius 3 is 2.28 bits per heavy atom. The number of benzene rings is 2. The molecule has 0 aliphatic rings. The molecule has 2 aromatic carbocycles. The molecule has 2 amide bonds. The van der Waals surface area contributed by atoms with E-state index in [1.54, 1.807) is 36.9 Å². The van der Waals surface area contributed by atoms with Gasteiger partial charge in [-0.2, -0.15) is 0 Å². The summed E-state index contributed by atoms with van der Waals surface area (Å²) in [6, 6.07) is 16.0. The Morgan fingerprint density at radius 2 is 1.69 bits per heavy atom. The molecule has 0 aliphatic carbocycles. The summed E-state index contributed by atoms with van der Waals surface area (Å²) in [6.45, 7) is 7.49. The molecule has 0 bridgehead atoms. The van der Waals surface area contributed by atoms with Gasteiger partial charge >= 0.3 is 5.97 Å². The first-order chi connectivity index (χ1) is 13.7. The van der Waals surface area contributed by atoms with Crippen LogP contribution in [0.1, 0.15) is 43.6 Å². The van der Waals surface area contributed by atoms with Gasteiger partial charge in [-0.25, -0.2) is 4.79 Å². The number of nitrogens with zero attached hydrogens (tertiary/aromatic N) is 1. The van der Waals surface area contributed by atoms with Gasteiger partial charge in [0.25, 0.3) is 0 Å². The summed E-state index contributed by atoms with van der Waals surface area (Å²) in [6.07, 6.45) is 0. The van der Waals surface area contributed by atoms with E-state index >= 15 is 0 Å². The number of hydrogen-bond donors (Lipinski definition) is 1. The Hall–Kier alpha value is -3.15. The molecule has 0 saturated heterocycles. The summed E-state index contributed by atoms with van der Waals surface area (Å²) < 4.78 is 4.70. The van der Waals surface area contributed by atoms with Crippen molar-refractivity contribution >= 4 is 23.5 Å². The largest absolute Gasteiger partial charge is 0.465 e. The molecule has 0 spiro atoms. The lowest BCUT2D eigenvalue weighted by molar-refractivity contribution is -0.148. The fraction of sp³-hybridized carbons (Fsp3) is 0.348. The fourth-order valence-corrected chi connectivity index (χ4v) is 2.85. The Balaban J connectivity index is 2.19. The first-order valence-corrected chi connectivity index (χ1v) is 9.51. The van der Waals surface area contributed by atoms with Gasteiger partial charge < -0.3 is 15.0 Å². The third kappa shape index (κ3) is 5.44. The van der Waals surface area contributed by atoms with Crippen LogP contribution in [0.25, 0.3) is 0 Å². The Kier molecular flexibility index (Phi) is 7.15. The molecule has 0 aliphatic heterocycles. The highest BCUT2D eigenvalue weighted by Gasteiger charge is 2.40. The summed E-state index contributed by atoms with van der Waals surface area (Å²) in [5.74, 6) is -1.20. The first kappa shape index (κ1) is 22.1. The van der Waals surface area contributed by atoms with E-state index in [0.717, 1.165) is 5.56 Å². The topological polar surface area (TPSA) is 75.7 Å². The first-order valence-electron chi connectivity index (χ1n) is 9.51. The lowest BCUT2D eigenvalue weighted by Gasteiger charge is -2.34. The van der Waals surface area contributed by atoms with Crippen molar-refractivity contribution in [1.82, 2.24) is 4.90 Å². The average molecular weight is 396 g/mol. The highest BCUT2D eigenvalue weighted by atomic mass is 16.5. The minimum atomic E-state index is -1.29. The summed E-state index contributed by atoms with van der Waals surface area (Å²) >= 11 is 0. The highest BCUT2D eigenvalue weighted by molar-refractivity contribution is 6.10. The van der Waals surface area contributed by atoms with Crippen LogP contribution in [0, 0.1) is 5.41 Å². The molecule has 0 aromatic heterocycles. The van der Waals surface area contributed by atoms with Crippen LogP contribution >= 0.6 is 0 Å². The van der Waals surface area contributed by atoms with Crippen LogP contribution in [0.3, 0.4) is 0 Å². The second-order valence-corrected chi connectivity index (χ2v) is 7.66. The van der Waals surface area contributed by atoms with Crippen LogP contribution in [-0.2, 0) is 20.9 Å². The SMILES string of the molecule is COC(=O)c1cccc(NC(=O)C(C)(C)C(=O)N(Cc2ccccc2)C(C)C)c1. The number of hydrogen-bond acceptors (Lipinski definition) is 4. The zero-order valence-corrected chi connectivity index (χ0v) is 17.6. The molecule has 2 rings (SSSR count). The van der Waals surface area contributed by atoms with E-state index < -0.39 is 17.3 Å². The second kappa shape index (κ2) is 9.37. The van der Waals surface area contributed by atoms with Crippen LogP contribution in [0.15, 0.2) is 54.6 Å². The molecule has 29 heavy (non-hydrogen) atoms. The van der Waals surface area contributed by atoms with Gasteiger partial charge in [-0.15, -0.1) is 0 Å². The number of rotatable bonds is 7. The number of esters is 1. The third-order valence-corrected chi connectivity index (χ3v) is 4.72. The maximum Gasteiger partial charge on any atom is 0.337 e. The van der Waals surface area contributed by atoms with Gasteiger partial charge in [-0.3, -0.25) is 9.59 Å². The molecule has 0 heterocycles. The molecule has 0 radical (unpaired) electrons. The van der Waals surface area contributed by atoms with Crippen LogP contribution in [0.5, 0.6) is 0 Å². The number of carbonyl (C=O) groups excluding carboxylic acids is 3. The number of carbonyl (C=O) groups is 3. The van der Waals surface area contributed by atoms with E-state index in [4.69, 9.17) is 4.74 Å². The van der Waals surface area contributed by atoms with Crippen molar-refractivity contribution in [2.24, 2.45) is 5.41 Å². The predicted molar refractivity (Wildman–Crippen MR) is 112 cm³/mol. The standard InChI is InChI=1S/C23H28N2O4/c1-16(2)25(15-17-10-7-6-8-11-17)22(28)23(3,4)21(27)24-19-13-9-12-18(14-19)20(26)29-5/h6-14,16H,15H2,1-5H3,(H,24,27). The summed E-state index contributed by atoms with van der Waals surface area (Å²) in [5.41, 5.74) is 0.456. The molecule has 0 unspecified atom stereocenters. The van der Waals surface area contributed by atoms with E-state index in [0.29, 0.717) is 17.8 Å². The van der Waals surface area contributed by atoms with E-state index in [1.165, 1.54) is 13.2 Å². The minimum Gasteiger partial charge on any atom is -0.465 e. The Bertz CT molecular complexity index is 875. The molecule has 0 saturated carbocycles. The lowest BCUT2D eigenvalue weighted by atomic mass is 9.89. The molecule has 6 nitrogen and oxygen atoms in total. The normalized spacial score (nSPS) is 11.1. The maximum atomic E-state index is 13.3. The quantitative estimate of drug-likeness (QED) is 0.569. The molecule has 154 valence electrons. The second-order valence-electron chi connectivity index (χ2n) is 7.66. The number of methoxy groups -OCH3 is 1. The van der Waals surface area contributed by atoms with Crippen molar-refractivity contribution in [3.8, 4) is 0 Å². The molecule has 0 atom stereocenters. The van der Waals surface area contributed by atoms with Crippen molar-refractivity contribution in [1.29, 1.82) is 0 Å². The molecular formula is C23H28N2O4. The van der Waals surface area contributed by atoms with Gasteiger partial charge in [0.2, 0.25) is 11.8 Å². The maximum absolute atomic E-state index is 13.3. The summed E-state index contributed by atoms with van der Waals surface area (Å²) in [4.78, 5) is 39.6. The van der Waals surface area contributed by atoms with Crippen molar-refractivity contribution in [2.45, 2.75) is 40.3 Å². The van der Waals surface area contributed by atoms with Crippen molar-refractivity contribution in [3.63, 3.8) is 0 Å². The Morgan fingerprint density at radius 1 is 1.03 bits per heavy atom. The van der Waals surface area contributed by atoms with Gasteiger partial charge in [-0.1, -0.05) is 36.4 Å². The average Bonchev–Trinajstić information content (AvgIpc) is 2.71.